The molecule has 0 spiro atoms. The number of carbonyl (C=O) groups is 3. The van der Waals surface area contributed by atoms with E-state index in [-0.39, 0.29) is 23.7 Å². The summed E-state index contributed by atoms with van der Waals surface area (Å²) in [7, 11) is 0. The summed E-state index contributed by atoms with van der Waals surface area (Å²) in [4.78, 5) is 39.4. The maximum atomic E-state index is 12.3. The molecule has 9 heteroatoms. The van der Waals surface area contributed by atoms with E-state index in [2.05, 4.69) is 15.5 Å². The molecule has 0 aliphatic carbocycles. The van der Waals surface area contributed by atoms with Crippen LogP contribution in [0.5, 0.6) is 0 Å². The van der Waals surface area contributed by atoms with Gasteiger partial charge in [-0.15, -0.1) is 0 Å². The van der Waals surface area contributed by atoms with Crippen LogP contribution in [0.3, 0.4) is 0 Å². The highest BCUT2D eigenvalue weighted by Gasteiger charge is 2.19. The molecule has 2 heterocycles. The predicted molar refractivity (Wildman–Crippen MR) is 90.4 cm³/mol. The average molecular weight is 363 g/mol. The van der Waals surface area contributed by atoms with Gasteiger partial charge in [0.25, 0.3) is 11.6 Å². The zero-order chi connectivity index (χ0) is 19.1. The van der Waals surface area contributed by atoms with Crippen molar-refractivity contribution in [2.75, 3.05) is 19.8 Å². The van der Waals surface area contributed by atoms with E-state index in [4.69, 9.17) is 14.0 Å². The molecule has 0 saturated heterocycles. The predicted octanol–water partition coefficient (Wildman–Crippen LogP) is 1.46. The number of hydrogen-bond donors (Lipinski definition) is 1. The van der Waals surface area contributed by atoms with E-state index < -0.39 is 18.5 Å². The van der Waals surface area contributed by atoms with Gasteiger partial charge >= 0.3 is 11.9 Å². The molecule has 0 atom stereocenters. The molecule has 0 aliphatic heterocycles. The zero-order valence-corrected chi connectivity index (χ0v) is 15.0. The molecule has 0 saturated carbocycles. The number of hydrogen-bond acceptors (Lipinski definition) is 8. The lowest BCUT2D eigenvalue weighted by Gasteiger charge is -2.07. The van der Waals surface area contributed by atoms with Crippen molar-refractivity contribution in [3.63, 3.8) is 0 Å². The number of rotatable bonds is 8. The van der Waals surface area contributed by atoms with Crippen molar-refractivity contribution in [3.05, 3.63) is 23.0 Å². The van der Waals surface area contributed by atoms with Gasteiger partial charge in [-0.05, 0) is 33.3 Å². The summed E-state index contributed by atoms with van der Waals surface area (Å²) in [5, 5.41) is 6.83. The van der Waals surface area contributed by atoms with Gasteiger partial charge < -0.3 is 19.3 Å². The van der Waals surface area contributed by atoms with Crippen molar-refractivity contribution in [3.8, 4) is 0 Å². The average Bonchev–Trinajstić information content (AvgIpc) is 2.97. The second-order valence-electron chi connectivity index (χ2n) is 5.59. The van der Waals surface area contributed by atoms with E-state index >= 15 is 0 Å². The monoisotopic (exact) mass is 363 g/mol. The number of esters is 2. The molecule has 1 N–H and O–H groups in total. The van der Waals surface area contributed by atoms with Gasteiger partial charge in [-0.2, -0.15) is 0 Å². The molecule has 1 amide bonds. The topological polar surface area (TPSA) is 121 Å². The maximum absolute atomic E-state index is 12.3. The van der Waals surface area contributed by atoms with Gasteiger partial charge in [0.1, 0.15) is 0 Å². The minimum Gasteiger partial charge on any atom is -0.466 e. The minimum atomic E-state index is -0.659. The molecule has 0 unspecified atom stereocenters. The number of ether oxygens (including phenoxy) is 2. The first-order chi connectivity index (χ1) is 12.4. The lowest BCUT2D eigenvalue weighted by Crippen LogP contribution is -2.30. The van der Waals surface area contributed by atoms with Crippen molar-refractivity contribution in [2.24, 2.45) is 0 Å². The Hall–Kier alpha value is -2.97. The summed E-state index contributed by atoms with van der Waals surface area (Å²) in [5.74, 6) is -1.42. The van der Waals surface area contributed by atoms with Gasteiger partial charge in [0.2, 0.25) is 0 Å². The lowest BCUT2D eigenvalue weighted by molar-refractivity contribution is -0.143. The number of amides is 1. The van der Waals surface area contributed by atoms with Gasteiger partial charge in [0, 0.05) is 18.7 Å². The first-order valence-electron chi connectivity index (χ1n) is 8.25. The van der Waals surface area contributed by atoms with Crippen LogP contribution in [-0.4, -0.2) is 47.7 Å². The van der Waals surface area contributed by atoms with Gasteiger partial charge in [-0.1, -0.05) is 5.16 Å². The van der Waals surface area contributed by atoms with Crippen LogP contribution < -0.4 is 5.32 Å². The Balaban J connectivity index is 1.84. The molecule has 0 aliphatic rings. The summed E-state index contributed by atoms with van der Waals surface area (Å²) in [6.07, 6.45) is 0.664. The summed E-state index contributed by atoms with van der Waals surface area (Å²) >= 11 is 0. The van der Waals surface area contributed by atoms with Crippen LogP contribution >= 0.6 is 0 Å². The van der Waals surface area contributed by atoms with Crippen LogP contribution in [0.15, 0.2) is 10.6 Å². The van der Waals surface area contributed by atoms with E-state index in [1.54, 1.807) is 26.8 Å². The SMILES string of the molecule is CCOC(=O)CCCNC(=O)COC(=O)c1cc(C)nc2onc(C)c12. The molecule has 0 radical (unpaired) electrons. The number of aryl methyl sites for hydroxylation is 2. The molecule has 9 nitrogen and oxygen atoms in total. The van der Waals surface area contributed by atoms with Crippen LogP contribution in [0.1, 0.15) is 41.5 Å². The Kier molecular flexibility index (Phi) is 6.65. The lowest BCUT2D eigenvalue weighted by atomic mass is 10.1. The summed E-state index contributed by atoms with van der Waals surface area (Å²) < 4.78 is 14.9. The Morgan fingerprint density at radius 2 is 2.00 bits per heavy atom. The highest BCUT2D eigenvalue weighted by molar-refractivity contribution is 6.03. The summed E-state index contributed by atoms with van der Waals surface area (Å²) in [6, 6.07) is 1.56. The third-order valence-electron chi connectivity index (χ3n) is 3.48. The summed E-state index contributed by atoms with van der Waals surface area (Å²) in [6.45, 7) is 5.33. The van der Waals surface area contributed by atoms with E-state index in [1.165, 1.54) is 0 Å². The maximum Gasteiger partial charge on any atom is 0.339 e. The number of aromatic nitrogens is 2. The van der Waals surface area contributed by atoms with Crippen LogP contribution in [0.25, 0.3) is 11.1 Å². The normalized spacial score (nSPS) is 10.6. The molecular weight excluding hydrogens is 342 g/mol. The van der Waals surface area contributed by atoms with Gasteiger partial charge in [0.15, 0.2) is 6.61 Å². The summed E-state index contributed by atoms with van der Waals surface area (Å²) in [5.41, 5.74) is 1.59. The van der Waals surface area contributed by atoms with Crippen molar-refractivity contribution < 1.29 is 28.4 Å². The standard InChI is InChI=1S/C17H21N3O6/c1-4-24-14(22)6-5-7-18-13(21)9-25-17(23)12-8-10(2)19-16-15(12)11(3)20-26-16/h8H,4-7,9H2,1-3H3,(H,18,21). The molecule has 0 aromatic carbocycles. The Labute approximate surface area is 150 Å². The van der Waals surface area contributed by atoms with E-state index in [9.17, 15) is 14.4 Å². The molecule has 0 bridgehead atoms. The highest BCUT2D eigenvalue weighted by Crippen LogP contribution is 2.22. The molecular formula is C17H21N3O6. The molecule has 140 valence electrons. The third kappa shape index (κ3) is 5.01. The largest absolute Gasteiger partial charge is 0.466 e. The van der Waals surface area contributed by atoms with Crippen molar-refractivity contribution in [1.82, 2.24) is 15.5 Å². The molecule has 2 aromatic heterocycles. The fourth-order valence-electron chi connectivity index (χ4n) is 2.33. The molecule has 2 aromatic rings. The Morgan fingerprint density at radius 1 is 1.23 bits per heavy atom. The number of pyridine rings is 1. The minimum absolute atomic E-state index is 0.217. The van der Waals surface area contributed by atoms with E-state index in [0.29, 0.717) is 36.3 Å². The highest BCUT2D eigenvalue weighted by atomic mass is 16.5. The molecule has 0 fully saturated rings. The van der Waals surface area contributed by atoms with E-state index in [1.807, 2.05) is 0 Å². The van der Waals surface area contributed by atoms with Crippen LogP contribution in [0, 0.1) is 13.8 Å². The zero-order valence-electron chi connectivity index (χ0n) is 15.0. The van der Waals surface area contributed by atoms with Gasteiger partial charge in [-0.3, -0.25) is 9.59 Å². The number of nitrogens with one attached hydrogen (secondary N) is 1. The Morgan fingerprint density at radius 3 is 2.73 bits per heavy atom. The van der Waals surface area contributed by atoms with Gasteiger partial charge in [0.05, 0.1) is 23.3 Å². The first kappa shape index (κ1) is 19.4. The fraction of sp³-hybridized carbons (Fsp3) is 0.471. The van der Waals surface area contributed by atoms with Crippen molar-refractivity contribution >= 4 is 28.9 Å². The van der Waals surface area contributed by atoms with Crippen molar-refractivity contribution in [2.45, 2.75) is 33.6 Å². The third-order valence-corrected chi connectivity index (χ3v) is 3.48. The van der Waals surface area contributed by atoms with Crippen LogP contribution in [-0.2, 0) is 19.1 Å². The van der Waals surface area contributed by atoms with Gasteiger partial charge in [-0.25, -0.2) is 9.78 Å². The second kappa shape index (κ2) is 8.93. The van der Waals surface area contributed by atoms with Crippen molar-refractivity contribution in [1.29, 1.82) is 0 Å². The fourth-order valence-corrected chi connectivity index (χ4v) is 2.33. The number of carbonyl (C=O) groups excluding carboxylic acids is 3. The number of nitrogens with zero attached hydrogens (tertiary/aromatic N) is 2. The first-order valence-corrected chi connectivity index (χ1v) is 8.25. The Bertz CT molecular complexity index is 814. The molecule has 2 rings (SSSR count). The smallest absolute Gasteiger partial charge is 0.339 e. The van der Waals surface area contributed by atoms with Crippen LogP contribution in [0.2, 0.25) is 0 Å². The van der Waals surface area contributed by atoms with E-state index in [0.717, 1.165) is 0 Å². The number of fused-ring (bicyclic) bond motifs is 1. The van der Waals surface area contributed by atoms with Crippen LogP contribution in [0.4, 0.5) is 0 Å². The molecule has 26 heavy (non-hydrogen) atoms. The quantitative estimate of drug-likeness (QED) is 0.553. The second-order valence-corrected chi connectivity index (χ2v) is 5.59.